The van der Waals surface area contributed by atoms with Crippen LogP contribution in [0.3, 0.4) is 0 Å². The molecule has 0 saturated heterocycles. The lowest BCUT2D eigenvalue weighted by atomic mass is 10.2. The van der Waals surface area contributed by atoms with Crippen LogP contribution in [0.4, 0.5) is 0 Å². The molecule has 1 amide bonds. The maximum absolute atomic E-state index is 12.0. The van der Waals surface area contributed by atoms with Crippen LogP contribution in [-0.2, 0) is 11.3 Å². The summed E-state index contributed by atoms with van der Waals surface area (Å²) < 4.78 is 13.0. The van der Waals surface area contributed by atoms with E-state index in [-0.39, 0.29) is 12.5 Å². The normalized spacial score (nSPS) is 10.5. The van der Waals surface area contributed by atoms with E-state index in [1.54, 1.807) is 18.3 Å². The van der Waals surface area contributed by atoms with Crippen LogP contribution in [0.25, 0.3) is 11.4 Å². The quantitative estimate of drug-likeness (QED) is 0.547. The highest BCUT2D eigenvalue weighted by Crippen LogP contribution is 2.18. The lowest BCUT2D eigenvalue weighted by Gasteiger charge is -2.10. The number of hydrogen-bond acceptors (Lipinski definition) is 4. The Morgan fingerprint density at radius 2 is 1.75 bits per heavy atom. The molecule has 2 aromatic carbocycles. The summed E-state index contributed by atoms with van der Waals surface area (Å²) in [7, 11) is 0. The third-order valence-electron chi connectivity index (χ3n) is 4.15. The number of hydrogen-bond donors (Lipinski definition) is 1. The van der Waals surface area contributed by atoms with E-state index in [1.165, 1.54) is 0 Å². The predicted molar refractivity (Wildman–Crippen MR) is 108 cm³/mol. The van der Waals surface area contributed by atoms with Gasteiger partial charge in [-0.2, -0.15) is 0 Å². The van der Waals surface area contributed by atoms with Crippen LogP contribution in [0.1, 0.15) is 13.3 Å². The Morgan fingerprint density at radius 1 is 1.04 bits per heavy atom. The van der Waals surface area contributed by atoms with E-state index in [2.05, 4.69) is 14.9 Å². The van der Waals surface area contributed by atoms with E-state index in [4.69, 9.17) is 9.47 Å². The smallest absolute Gasteiger partial charge is 0.257 e. The molecule has 0 bridgehead atoms. The first-order valence-electron chi connectivity index (χ1n) is 9.45. The second-order valence-electron chi connectivity index (χ2n) is 6.21. The van der Waals surface area contributed by atoms with Gasteiger partial charge in [-0.1, -0.05) is 30.3 Å². The van der Waals surface area contributed by atoms with Gasteiger partial charge in [-0.15, -0.1) is 0 Å². The molecule has 146 valence electrons. The molecule has 0 aliphatic rings. The van der Waals surface area contributed by atoms with E-state index in [1.807, 2.05) is 55.6 Å². The van der Waals surface area contributed by atoms with Crippen molar-refractivity contribution in [3.63, 3.8) is 0 Å². The molecule has 3 aromatic rings. The number of rotatable bonds is 10. The van der Waals surface area contributed by atoms with Crippen molar-refractivity contribution in [2.24, 2.45) is 0 Å². The Hall–Kier alpha value is -3.28. The van der Waals surface area contributed by atoms with Crippen molar-refractivity contribution in [2.75, 3.05) is 19.8 Å². The molecular weight excluding hydrogens is 354 g/mol. The van der Waals surface area contributed by atoms with Crippen molar-refractivity contribution in [3.8, 4) is 22.9 Å². The zero-order chi connectivity index (χ0) is 19.6. The number of imidazole rings is 1. The Bertz CT molecular complexity index is 860. The van der Waals surface area contributed by atoms with E-state index in [0.717, 1.165) is 30.1 Å². The molecule has 0 aliphatic heterocycles. The van der Waals surface area contributed by atoms with Gasteiger partial charge in [-0.3, -0.25) is 4.79 Å². The first-order chi connectivity index (χ1) is 13.8. The van der Waals surface area contributed by atoms with Crippen LogP contribution >= 0.6 is 0 Å². The van der Waals surface area contributed by atoms with Gasteiger partial charge in [0, 0.05) is 31.0 Å². The number of nitrogens with zero attached hydrogens (tertiary/aromatic N) is 2. The van der Waals surface area contributed by atoms with Crippen LogP contribution in [0.2, 0.25) is 0 Å². The lowest BCUT2D eigenvalue weighted by molar-refractivity contribution is -0.123. The minimum atomic E-state index is -0.136. The Morgan fingerprint density at radius 3 is 2.46 bits per heavy atom. The fourth-order valence-electron chi connectivity index (χ4n) is 2.81. The minimum Gasteiger partial charge on any atom is -0.494 e. The molecule has 1 N–H and O–H groups in total. The van der Waals surface area contributed by atoms with Gasteiger partial charge in [0.2, 0.25) is 0 Å². The van der Waals surface area contributed by atoms with Gasteiger partial charge in [0.1, 0.15) is 17.3 Å². The van der Waals surface area contributed by atoms with Crippen LogP contribution in [0.5, 0.6) is 11.5 Å². The van der Waals surface area contributed by atoms with Crippen molar-refractivity contribution < 1.29 is 14.3 Å². The van der Waals surface area contributed by atoms with E-state index in [9.17, 15) is 4.79 Å². The molecule has 0 aliphatic carbocycles. The highest BCUT2D eigenvalue weighted by Gasteiger charge is 2.06. The van der Waals surface area contributed by atoms with Gasteiger partial charge >= 0.3 is 0 Å². The average Bonchev–Trinajstić information content (AvgIpc) is 3.20. The number of nitrogens with one attached hydrogen (secondary N) is 1. The molecule has 0 atom stereocenters. The molecule has 0 radical (unpaired) electrons. The van der Waals surface area contributed by atoms with Crippen LogP contribution in [0, 0.1) is 0 Å². The fourth-order valence-corrected chi connectivity index (χ4v) is 2.81. The Balaban J connectivity index is 1.38. The summed E-state index contributed by atoms with van der Waals surface area (Å²) in [5, 5.41) is 2.88. The molecule has 0 spiro atoms. The second-order valence-corrected chi connectivity index (χ2v) is 6.21. The van der Waals surface area contributed by atoms with Crippen molar-refractivity contribution in [1.82, 2.24) is 14.9 Å². The van der Waals surface area contributed by atoms with Gasteiger partial charge in [-0.05, 0) is 37.6 Å². The van der Waals surface area contributed by atoms with Gasteiger partial charge in [-0.25, -0.2) is 4.98 Å². The van der Waals surface area contributed by atoms with Crippen LogP contribution in [-0.4, -0.2) is 35.2 Å². The predicted octanol–water partition coefficient (Wildman–Crippen LogP) is 3.53. The molecular formula is C22H25N3O3. The number of benzene rings is 2. The molecule has 28 heavy (non-hydrogen) atoms. The van der Waals surface area contributed by atoms with Crippen molar-refractivity contribution in [3.05, 3.63) is 67.0 Å². The number of aromatic nitrogens is 2. The summed E-state index contributed by atoms with van der Waals surface area (Å²) in [6.07, 6.45) is 4.57. The summed E-state index contributed by atoms with van der Waals surface area (Å²) in [6.45, 7) is 3.91. The summed E-state index contributed by atoms with van der Waals surface area (Å²) in [6, 6.07) is 17.3. The van der Waals surface area contributed by atoms with Gasteiger partial charge in [0.05, 0.1) is 6.61 Å². The van der Waals surface area contributed by atoms with E-state index >= 15 is 0 Å². The summed E-state index contributed by atoms with van der Waals surface area (Å²) in [5.74, 6) is 2.23. The minimum absolute atomic E-state index is 0.00563. The Kier molecular flexibility index (Phi) is 7.07. The molecule has 0 unspecified atom stereocenters. The SMILES string of the molecule is CCOc1ccc(OCC(=O)NCCCn2ccnc2-c2ccccc2)cc1. The highest BCUT2D eigenvalue weighted by molar-refractivity contribution is 5.77. The Labute approximate surface area is 165 Å². The fraction of sp³-hybridized carbons (Fsp3) is 0.273. The molecule has 6 heteroatoms. The van der Waals surface area contributed by atoms with Gasteiger partial charge in [0.15, 0.2) is 6.61 Å². The topological polar surface area (TPSA) is 65.4 Å². The summed E-state index contributed by atoms with van der Waals surface area (Å²) in [5.41, 5.74) is 1.08. The number of carbonyl (C=O) groups is 1. The van der Waals surface area contributed by atoms with Gasteiger partial charge < -0.3 is 19.4 Å². The molecule has 0 fully saturated rings. The number of carbonyl (C=O) groups excluding carboxylic acids is 1. The first-order valence-corrected chi connectivity index (χ1v) is 9.45. The standard InChI is InChI=1S/C22H25N3O3/c1-2-27-19-9-11-20(12-10-19)28-17-21(26)23-13-6-15-25-16-14-24-22(25)18-7-4-3-5-8-18/h3-5,7-12,14,16H,2,6,13,15,17H2,1H3,(H,23,26). The van der Waals surface area contributed by atoms with Crippen molar-refractivity contribution in [1.29, 1.82) is 0 Å². The maximum atomic E-state index is 12.0. The van der Waals surface area contributed by atoms with Gasteiger partial charge in [0.25, 0.3) is 5.91 Å². The monoisotopic (exact) mass is 379 g/mol. The van der Waals surface area contributed by atoms with Crippen molar-refractivity contribution in [2.45, 2.75) is 19.9 Å². The molecule has 6 nitrogen and oxygen atoms in total. The number of ether oxygens (including phenoxy) is 2. The second kappa shape index (κ2) is 10.2. The highest BCUT2D eigenvalue weighted by atomic mass is 16.5. The lowest BCUT2D eigenvalue weighted by Crippen LogP contribution is -2.30. The third-order valence-corrected chi connectivity index (χ3v) is 4.15. The first kappa shape index (κ1) is 19.5. The van der Waals surface area contributed by atoms with E-state index in [0.29, 0.717) is 18.9 Å². The molecule has 3 rings (SSSR count). The number of amides is 1. The number of aryl methyl sites for hydroxylation is 1. The molecule has 1 heterocycles. The van der Waals surface area contributed by atoms with E-state index < -0.39 is 0 Å². The molecule has 0 saturated carbocycles. The third kappa shape index (κ3) is 5.61. The summed E-state index contributed by atoms with van der Waals surface area (Å²) in [4.78, 5) is 16.4. The van der Waals surface area contributed by atoms with Crippen LogP contribution < -0.4 is 14.8 Å². The largest absolute Gasteiger partial charge is 0.494 e. The molecule has 1 aromatic heterocycles. The average molecular weight is 379 g/mol. The van der Waals surface area contributed by atoms with Crippen LogP contribution in [0.15, 0.2) is 67.0 Å². The maximum Gasteiger partial charge on any atom is 0.257 e. The zero-order valence-electron chi connectivity index (χ0n) is 16.0. The summed E-state index contributed by atoms with van der Waals surface area (Å²) >= 11 is 0. The van der Waals surface area contributed by atoms with Crippen molar-refractivity contribution >= 4 is 5.91 Å². The zero-order valence-corrected chi connectivity index (χ0v) is 16.0.